The predicted molar refractivity (Wildman–Crippen MR) is 72.3 cm³/mol. The first kappa shape index (κ1) is 13.5. The summed E-state index contributed by atoms with van der Waals surface area (Å²) >= 11 is 3.30. The van der Waals surface area contributed by atoms with Gasteiger partial charge < -0.3 is 4.74 Å². The molecule has 3 nitrogen and oxygen atoms in total. The van der Waals surface area contributed by atoms with Crippen LogP contribution in [-0.2, 0) is 11.9 Å². The highest BCUT2D eigenvalue weighted by Crippen LogP contribution is 2.16. The van der Waals surface area contributed by atoms with Crippen LogP contribution in [0.25, 0.3) is 0 Å². The van der Waals surface area contributed by atoms with Crippen LogP contribution in [-0.4, -0.2) is 4.98 Å². The van der Waals surface area contributed by atoms with Crippen LogP contribution >= 0.6 is 15.9 Å². The molecular weight excluding hydrogens is 311 g/mol. The Labute approximate surface area is 118 Å². The van der Waals surface area contributed by atoms with E-state index in [9.17, 15) is 4.39 Å². The van der Waals surface area contributed by atoms with Gasteiger partial charge in [0.15, 0.2) is 0 Å². The van der Waals surface area contributed by atoms with Crippen molar-refractivity contribution in [3.8, 4) is 11.8 Å². The molecule has 0 aliphatic carbocycles. The number of aromatic nitrogens is 1. The Balaban J connectivity index is 2.08. The Hall–Kier alpha value is -1.93. The van der Waals surface area contributed by atoms with Crippen LogP contribution in [0.15, 0.2) is 36.5 Å². The molecule has 0 unspecified atom stereocenters. The zero-order chi connectivity index (χ0) is 13.7. The fourth-order valence-electron chi connectivity index (χ4n) is 1.51. The van der Waals surface area contributed by atoms with Gasteiger partial charge in [0.25, 0.3) is 0 Å². The molecule has 1 heterocycles. The van der Waals surface area contributed by atoms with Crippen molar-refractivity contribution in [3.05, 3.63) is 59.2 Å². The van der Waals surface area contributed by atoms with Crippen molar-refractivity contribution in [1.82, 2.24) is 4.98 Å². The van der Waals surface area contributed by atoms with E-state index in [1.807, 2.05) is 6.07 Å². The largest absolute Gasteiger partial charge is 0.487 e. The van der Waals surface area contributed by atoms with E-state index >= 15 is 0 Å². The summed E-state index contributed by atoms with van der Waals surface area (Å²) in [6, 6.07) is 10.1. The second-order valence-corrected chi connectivity index (χ2v) is 4.36. The Kier molecular flexibility index (Phi) is 4.48. The lowest BCUT2D eigenvalue weighted by Crippen LogP contribution is -2.00. The molecule has 0 spiro atoms. The molecule has 0 saturated heterocycles. The molecule has 19 heavy (non-hydrogen) atoms. The molecule has 0 radical (unpaired) electrons. The van der Waals surface area contributed by atoms with Crippen LogP contribution in [0, 0.1) is 17.1 Å². The van der Waals surface area contributed by atoms with E-state index in [0.29, 0.717) is 16.6 Å². The van der Waals surface area contributed by atoms with E-state index in [1.54, 1.807) is 30.5 Å². The SMILES string of the molecule is N#Cc1cccc(COc2ccc(CBr)nc2)c1F. The summed E-state index contributed by atoms with van der Waals surface area (Å²) in [4.78, 5) is 4.15. The van der Waals surface area contributed by atoms with E-state index < -0.39 is 5.82 Å². The molecule has 0 atom stereocenters. The highest BCUT2D eigenvalue weighted by Gasteiger charge is 2.08. The van der Waals surface area contributed by atoms with Gasteiger partial charge in [0.05, 0.1) is 17.5 Å². The van der Waals surface area contributed by atoms with E-state index in [2.05, 4.69) is 20.9 Å². The van der Waals surface area contributed by atoms with Gasteiger partial charge in [-0.2, -0.15) is 5.26 Å². The Morgan fingerprint density at radius 2 is 2.16 bits per heavy atom. The molecule has 1 aromatic carbocycles. The maximum Gasteiger partial charge on any atom is 0.147 e. The fourth-order valence-corrected chi connectivity index (χ4v) is 1.85. The van der Waals surface area contributed by atoms with Crippen LogP contribution in [0.1, 0.15) is 16.8 Å². The van der Waals surface area contributed by atoms with Crippen LogP contribution in [0.5, 0.6) is 5.75 Å². The molecule has 0 saturated carbocycles. The standard InChI is InChI=1S/C14H10BrFN2O/c15-6-12-4-5-13(8-18-12)19-9-11-3-1-2-10(7-17)14(11)16/h1-5,8H,6,9H2. The van der Waals surface area contributed by atoms with Gasteiger partial charge in [-0.25, -0.2) is 4.39 Å². The summed E-state index contributed by atoms with van der Waals surface area (Å²) in [6.45, 7) is 0.0662. The van der Waals surface area contributed by atoms with Crippen molar-refractivity contribution < 1.29 is 9.13 Å². The van der Waals surface area contributed by atoms with Crippen LogP contribution in [0.4, 0.5) is 4.39 Å². The molecule has 0 aliphatic heterocycles. The molecule has 2 aromatic rings. The highest BCUT2D eigenvalue weighted by atomic mass is 79.9. The van der Waals surface area contributed by atoms with Crippen molar-refractivity contribution in [1.29, 1.82) is 5.26 Å². The van der Waals surface area contributed by atoms with Gasteiger partial charge >= 0.3 is 0 Å². The normalized spacial score (nSPS) is 9.95. The molecular formula is C14H10BrFN2O. The number of alkyl halides is 1. The number of rotatable bonds is 4. The number of nitriles is 1. The topological polar surface area (TPSA) is 45.9 Å². The summed E-state index contributed by atoms with van der Waals surface area (Å²) in [5, 5.41) is 9.41. The van der Waals surface area contributed by atoms with Gasteiger partial charge in [0.1, 0.15) is 24.2 Å². The van der Waals surface area contributed by atoms with E-state index in [1.165, 1.54) is 6.07 Å². The summed E-state index contributed by atoms with van der Waals surface area (Å²) in [5.41, 5.74) is 1.27. The minimum absolute atomic E-state index is 0.0221. The summed E-state index contributed by atoms with van der Waals surface area (Å²) < 4.78 is 19.2. The average Bonchev–Trinajstić information content (AvgIpc) is 2.47. The zero-order valence-electron chi connectivity index (χ0n) is 9.94. The molecule has 0 N–H and O–H groups in total. The minimum Gasteiger partial charge on any atom is -0.487 e. The molecule has 2 rings (SSSR count). The number of ether oxygens (including phenoxy) is 1. The molecule has 1 aromatic heterocycles. The quantitative estimate of drug-likeness (QED) is 0.809. The first-order valence-corrected chi connectivity index (χ1v) is 6.68. The van der Waals surface area contributed by atoms with Crippen molar-refractivity contribution in [2.45, 2.75) is 11.9 Å². The van der Waals surface area contributed by atoms with E-state index in [4.69, 9.17) is 10.00 Å². The molecule has 0 aliphatic rings. The Bertz CT molecular complexity index is 608. The maximum absolute atomic E-state index is 13.8. The maximum atomic E-state index is 13.8. The molecule has 5 heteroatoms. The van der Waals surface area contributed by atoms with Gasteiger partial charge in [-0.05, 0) is 18.2 Å². The van der Waals surface area contributed by atoms with Crippen molar-refractivity contribution in [3.63, 3.8) is 0 Å². The summed E-state index contributed by atoms with van der Waals surface area (Å²) in [6.07, 6.45) is 1.59. The predicted octanol–water partition coefficient (Wildman–Crippen LogP) is 3.57. The number of nitrogens with zero attached hydrogens (tertiary/aromatic N) is 2. The van der Waals surface area contributed by atoms with Gasteiger partial charge in [0.2, 0.25) is 0 Å². The number of halogens is 2. The number of pyridine rings is 1. The Morgan fingerprint density at radius 1 is 1.32 bits per heavy atom. The van der Waals surface area contributed by atoms with Gasteiger partial charge in [-0.15, -0.1) is 0 Å². The van der Waals surface area contributed by atoms with Crippen LogP contribution in [0.2, 0.25) is 0 Å². The third-order valence-corrected chi connectivity index (χ3v) is 3.10. The van der Waals surface area contributed by atoms with Crippen molar-refractivity contribution in [2.24, 2.45) is 0 Å². The monoisotopic (exact) mass is 320 g/mol. The Morgan fingerprint density at radius 3 is 2.79 bits per heavy atom. The number of benzene rings is 1. The second-order valence-electron chi connectivity index (χ2n) is 3.80. The average molecular weight is 321 g/mol. The lowest BCUT2D eigenvalue weighted by Gasteiger charge is -2.07. The van der Waals surface area contributed by atoms with Crippen molar-refractivity contribution in [2.75, 3.05) is 0 Å². The molecule has 0 bridgehead atoms. The van der Waals surface area contributed by atoms with Gasteiger partial charge in [-0.3, -0.25) is 4.98 Å². The lowest BCUT2D eigenvalue weighted by atomic mass is 10.1. The van der Waals surface area contributed by atoms with E-state index in [0.717, 1.165) is 5.69 Å². The molecule has 96 valence electrons. The fraction of sp³-hybridized carbons (Fsp3) is 0.143. The van der Waals surface area contributed by atoms with Gasteiger partial charge in [-0.1, -0.05) is 28.1 Å². The first-order chi connectivity index (χ1) is 9.24. The van der Waals surface area contributed by atoms with Crippen LogP contribution < -0.4 is 4.74 Å². The second kappa shape index (κ2) is 6.30. The zero-order valence-corrected chi connectivity index (χ0v) is 11.5. The first-order valence-electron chi connectivity index (χ1n) is 5.55. The third kappa shape index (κ3) is 3.30. The molecule has 0 amide bonds. The van der Waals surface area contributed by atoms with Crippen molar-refractivity contribution >= 4 is 15.9 Å². The molecule has 0 fully saturated rings. The lowest BCUT2D eigenvalue weighted by molar-refractivity contribution is 0.298. The van der Waals surface area contributed by atoms with Crippen LogP contribution in [0.3, 0.4) is 0 Å². The minimum atomic E-state index is -0.532. The summed E-state index contributed by atoms with van der Waals surface area (Å²) in [7, 11) is 0. The van der Waals surface area contributed by atoms with Gasteiger partial charge in [0, 0.05) is 10.9 Å². The number of hydrogen-bond donors (Lipinski definition) is 0. The highest BCUT2D eigenvalue weighted by molar-refractivity contribution is 9.08. The third-order valence-electron chi connectivity index (χ3n) is 2.53. The van der Waals surface area contributed by atoms with E-state index in [-0.39, 0.29) is 12.2 Å². The number of hydrogen-bond acceptors (Lipinski definition) is 3. The summed E-state index contributed by atoms with van der Waals surface area (Å²) in [5.74, 6) is 0.0292. The smallest absolute Gasteiger partial charge is 0.147 e.